The van der Waals surface area contributed by atoms with E-state index in [1.54, 1.807) is 18.7 Å². The standard InChI is InChI=1S/C31H36N2O6S/c1-3-37-28(35)18-33-31(36)32-17-22-9-15-25(16-10-22)30-38-27(20-40-26-7-5-4-6-8-26)21(2)29(39-30)24-13-11-23(19-34)12-14-24/h4-16,21,27,29-30,34H,3,17-20H2,1-2H3,(H2,32,33,36)/t21-,27+,29+,30+/m0/s1. The third kappa shape index (κ3) is 8.32. The average molecular weight is 565 g/mol. The van der Waals surface area contributed by atoms with Crippen molar-refractivity contribution in [2.24, 2.45) is 5.92 Å². The Kier molecular flexibility index (Phi) is 11.0. The molecule has 1 fully saturated rings. The number of ether oxygens (including phenoxy) is 3. The molecule has 1 aliphatic heterocycles. The molecule has 1 aliphatic rings. The van der Waals surface area contributed by atoms with Crippen molar-refractivity contribution in [2.75, 3.05) is 18.9 Å². The van der Waals surface area contributed by atoms with Gasteiger partial charge < -0.3 is 30.0 Å². The van der Waals surface area contributed by atoms with E-state index in [-0.39, 0.29) is 37.9 Å². The van der Waals surface area contributed by atoms with Crippen LogP contribution in [0.1, 0.15) is 48.5 Å². The summed E-state index contributed by atoms with van der Waals surface area (Å²) in [5.41, 5.74) is 3.68. The second-order valence-electron chi connectivity index (χ2n) is 9.53. The molecule has 3 aromatic rings. The van der Waals surface area contributed by atoms with E-state index >= 15 is 0 Å². The predicted octanol–water partition coefficient (Wildman–Crippen LogP) is 5.12. The molecule has 0 saturated carbocycles. The fourth-order valence-electron chi connectivity index (χ4n) is 4.41. The molecule has 8 nitrogen and oxygen atoms in total. The van der Waals surface area contributed by atoms with Crippen molar-refractivity contribution < 1.29 is 28.9 Å². The maximum atomic E-state index is 12.0. The number of rotatable bonds is 11. The first kappa shape index (κ1) is 29.6. The molecule has 0 bridgehead atoms. The van der Waals surface area contributed by atoms with Gasteiger partial charge >= 0.3 is 12.0 Å². The largest absolute Gasteiger partial charge is 0.465 e. The number of esters is 1. The lowest BCUT2D eigenvalue weighted by molar-refractivity contribution is -0.268. The molecule has 40 heavy (non-hydrogen) atoms. The Morgan fingerprint density at radius 2 is 1.57 bits per heavy atom. The zero-order valence-corrected chi connectivity index (χ0v) is 23.6. The molecular weight excluding hydrogens is 528 g/mol. The molecule has 0 aliphatic carbocycles. The third-order valence-electron chi connectivity index (χ3n) is 6.68. The van der Waals surface area contributed by atoms with Crippen LogP contribution in [-0.4, -0.2) is 42.1 Å². The summed E-state index contributed by atoms with van der Waals surface area (Å²) < 4.78 is 17.8. The normalized spacial score (nSPS) is 20.5. The summed E-state index contributed by atoms with van der Waals surface area (Å²) in [6, 6.07) is 25.4. The van der Waals surface area contributed by atoms with Gasteiger partial charge in [-0.05, 0) is 35.7 Å². The first-order chi connectivity index (χ1) is 19.5. The SMILES string of the molecule is CCOC(=O)CNC(=O)NCc1ccc([C@@H]2O[C@H](CSc3ccccc3)[C@H](C)[C@H](c3ccc(CO)cc3)O2)cc1. The number of benzene rings is 3. The highest BCUT2D eigenvalue weighted by molar-refractivity contribution is 7.99. The summed E-state index contributed by atoms with van der Waals surface area (Å²) >= 11 is 1.76. The Balaban J connectivity index is 1.42. The summed E-state index contributed by atoms with van der Waals surface area (Å²) in [6.07, 6.45) is -0.803. The molecule has 212 valence electrons. The Morgan fingerprint density at radius 1 is 0.900 bits per heavy atom. The van der Waals surface area contributed by atoms with E-state index in [2.05, 4.69) is 29.7 Å². The van der Waals surface area contributed by atoms with Crippen LogP contribution in [0.2, 0.25) is 0 Å². The van der Waals surface area contributed by atoms with Crippen LogP contribution in [0.4, 0.5) is 4.79 Å². The molecule has 1 saturated heterocycles. The van der Waals surface area contributed by atoms with Gasteiger partial charge in [0.15, 0.2) is 6.29 Å². The second-order valence-corrected chi connectivity index (χ2v) is 10.6. The quantitative estimate of drug-likeness (QED) is 0.219. The summed E-state index contributed by atoms with van der Waals surface area (Å²) in [7, 11) is 0. The number of aliphatic hydroxyl groups is 1. The molecule has 0 aromatic heterocycles. The summed E-state index contributed by atoms with van der Waals surface area (Å²) in [5, 5.41) is 14.7. The molecular formula is C31H36N2O6S. The van der Waals surface area contributed by atoms with E-state index in [9.17, 15) is 14.7 Å². The van der Waals surface area contributed by atoms with Crippen molar-refractivity contribution in [3.05, 3.63) is 101 Å². The van der Waals surface area contributed by atoms with Crippen LogP contribution < -0.4 is 10.6 Å². The van der Waals surface area contributed by atoms with Crippen LogP contribution in [0.25, 0.3) is 0 Å². The van der Waals surface area contributed by atoms with Crippen molar-refractivity contribution in [3.63, 3.8) is 0 Å². The maximum Gasteiger partial charge on any atom is 0.325 e. The molecule has 9 heteroatoms. The molecule has 3 aromatic carbocycles. The minimum absolute atomic E-state index is 0.00229. The lowest BCUT2D eigenvalue weighted by atomic mass is 9.91. The first-order valence-corrected chi connectivity index (χ1v) is 14.4. The highest BCUT2D eigenvalue weighted by atomic mass is 32.2. The Bertz CT molecular complexity index is 1220. The monoisotopic (exact) mass is 564 g/mol. The van der Waals surface area contributed by atoms with Gasteiger partial charge in [0.2, 0.25) is 0 Å². The second kappa shape index (κ2) is 14.9. The van der Waals surface area contributed by atoms with E-state index < -0.39 is 18.3 Å². The number of amides is 2. The van der Waals surface area contributed by atoms with Crippen molar-refractivity contribution in [2.45, 2.75) is 50.4 Å². The fourth-order valence-corrected chi connectivity index (χ4v) is 5.50. The van der Waals surface area contributed by atoms with Crippen molar-refractivity contribution in [3.8, 4) is 0 Å². The first-order valence-electron chi connectivity index (χ1n) is 13.4. The van der Waals surface area contributed by atoms with Gasteiger partial charge in [0.05, 0.1) is 25.4 Å². The lowest BCUT2D eigenvalue weighted by Gasteiger charge is -2.41. The molecule has 1 heterocycles. The molecule has 4 atom stereocenters. The Hall–Kier alpha value is -3.37. The summed E-state index contributed by atoms with van der Waals surface area (Å²) in [4.78, 5) is 24.6. The minimum atomic E-state index is -0.560. The molecule has 0 spiro atoms. The number of hydrogen-bond donors (Lipinski definition) is 3. The highest BCUT2D eigenvalue weighted by Gasteiger charge is 2.38. The van der Waals surface area contributed by atoms with Crippen molar-refractivity contribution in [1.29, 1.82) is 0 Å². The van der Waals surface area contributed by atoms with Crippen LogP contribution in [-0.2, 0) is 32.2 Å². The van der Waals surface area contributed by atoms with Crippen LogP contribution in [0.3, 0.4) is 0 Å². The Morgan fingerprint density at radius 3 is 2.25 bits per heavy atom. The van der Waals surface area contributed by atoms with E-state index in [1.807, 2.05) is 66.7 Å². The van der Waals surface area contributed by atoms with Gasteiger partial charge in [-0.25, -0.2) is 4.79 Å². The lowest BCUT2D eigenvalue weighted by Crippen LogP contribution is -2.39. The summed E-state index contributed by atoms with van der Waals surface area (Å²) in [5.74, 6) is 0.398. The van der Waals surface area contributed by atoms with Crippen LogP contribution >= 0.6 is 11.8 Å². The van der Waals surface area contributed by atoms with Gasteiger partial charge in [0, 0.05) is 28.7 Å². The number of hydrogen-bond acceptors (Lipinski definition) is 7. The summed E-state index contributed by atoms with van der Waals surface area (Å²) in [6.45, 7) is 4.25. The number of aliphatic hydroxyl groups excluding tert-OH is 1. The van der Waals surface area contributed by atoms with Gasteiger partial charge in [-0.1, -0.05) is 73.7 Å². The number of thioether (sulfide) groups is 1. The zero-order valence-electron chi connectivity index (χ0n) is 22.7. The fraction of sp³-hybridized carbons (Fsp3) is 0.355. The van der Waals surface area contributed by atoms with E-state index in [0.29, 0.717) is 6.54 Å². The number of nitrogens with one attached hydrogen (secondary N) is 2. The number of urea groups is 1. The molecule has 3 N–H and O–H groups in total. The van der Waals surface area contributed by atoms with Gasteiger partial charge in [-0.3, -0.25) is 4.79 Å². The topological polar surface area (TPSA) is 106 Å². The smallest absolute Gasteiger partial charge is 0.325 e. The Labute approximate surface area is 239 Å². The molecule has 4 rings (SSSR count). The number of carbonyl (C=O) groups is 2. The van der Waals surface area contributed by atoms with Crippen LogP contribution in [0.15, 0.2) is 83.8 Å². The van der Waals surface area contributed by atoms with Crippen molar-refractivity contribution >= 4 is 23.8 Å². The van der Waals surface area contributed by atoms with Gasteiger partial charge in [-0.2, -0.15) is 0 Å². The van der Waals surface area contributed by atoms with Gasteiger partial charge in [0.1, 0.15) is 6.54 Å². The number of carbonyl (C=O) groups excluding carboxylic acids is 2. The molecule has 0 unspecified atom stereocenters. The van der Waals surface area contributed by atoms with Gasteiger partial charge in [-0.15, -0.1) is 11.8 Å². The predicted molar refractivity (Wildman–Crippen MR) is 153 cm³/mol. The third-order valence-corrected chi connectivity index (χ3v) is 7.79. The van der Waals surface area contributed by atoms with Crippen LogP contribution in [0.5, 0.6) is 0 Å². The van der Waals surface area contributed by atoms with E-state index in [4.69, 9.17) is 14.2 Å². The highest BCUT2D eigenvalue weighted by Crippen LogP contribution is 2.43. The molecule has 0 radical (unpaired) electrons. The average Bonchev–Trinajstić information content (AvgIpc) is 2.99. The van der Waals surface area contributed by atoms with E-state index in [1.165, 1.54) is 4.90 Å². The maximum absolute atomic E-state index is 12.0. The zero-order chi connectivity index (χ0) is 28.3. The van der Waals surface area contributed by atoms with Gasteiger partial charge in [0.25, 0.3) is 0 Å². The van der Waals surface area contributed by atoms with E-state index in [0.717, 1.165) is 28.0 Å². The minimum Gasteiger partial charge on any atom is -0.465 e. The molecule has 2 amide bonds. The van der Waals surface area contributed by atoms with Crippen LogP contribution in [0, 0.1) is 5.92 Å². The van der Waals surface area contributed by atoms with Crippen molar-refractivity contribution in [1.82, 2.24) is 10.6 Å².